The Morgan fingerprint density at radius 1 is 1.02 bits per heavy atom. The number of alkyl halides is 2. The number of hydrogen-bond donors (Lipinski definition) is 3. The number of carbonyl (C=O) groups is 2. The molecule has 4 atom stereocenters. The average Bonchev–Trinajstić information content (AvgIpc) is 3.80. The second-order valence-electron chi connectivity index (χ2n) is 18.2. The van der Waals surface area contributed by atoms with Crippen LogP contribution in [0.5, 0.6) is 5.75 Å². The summed E-state index contributed by atoms with van der Waals surface area (Å²) >= 11 is 0. The molecular formula is C45H51F2N9O6. The molecule has 0 aliphatic carbocycles. The molecule has 0 saturated carbocycles. The van der Waals surface area contributed by atoms with E-state index in [0.29, 0.717) is 81.5 Å². The van der Waals surface area contributed by atoms with Gasteiger partial charge in [0.1, 0.15) is 25.0 Å². The first-order valence-electron chi connectivity index (χ1n) is 21.7. The number of anilines is 2. The maximum Gasteiger partial charge on any atom is 0.283 e. The van der Waals surface area contributed by atoms with Crippen LogP contribution in [0.4, 0.5) is 20.4 Å². The van der Waals surface area contributed by atoms with Crippen LogP contribution in [0.1, 0.15) is 58.5 Å². The van der Waals surface area contributed by atoms with Gasteiger partial charge in [0.2, 0.25) is 17.6 Å². The summed E-state index contributed by atoms with van der Waals surface area (Å²) in [4.78, 5) is 49.4. The number of rotatable bonds is 8. The van der Waals surface area contributed by atoms with Gasteiger partial charge in [0.15, 0.2) is 0 Å². The standard InChI is InChI=1S/C45H51F2N9O6/c1-26-7-9-37(41(58)50-26)55-18-34-32(42(55)59)8-10-36-40(34)60-21-30-17-52(11-12-54(30)36)16-28-19-61-45(62-20-28)23-53(24-45)43-48-14-29(15-49-43)39-38-33(31-5-3-4-6-35(31)51-38)13-27(2)56(39)22-44(46,47)25-57/h3-6,8,10,14-15,27-28,30,37,39,51,57H,1,7,9,11-13,16-25H2,2H3,(H,50,58)/t27?,30-,37?,39-/m1/s1. The Labute approximate surface area is 357 Å². The van der Waals surface area contributed by atoms with Gasteiger partial charge in [-0.15, -0.1) is 0 Å². The number of aliphatic hydroxyl groups excluding tert-OH is 1. The van der Waals surface area contributed by atoms with Crippen LogP contribution in [0.3, 0.4) is 0 Å². The maximum atomic E-state index is 14.7. The molecule has 15 nitrogen and oxygen atoms in total. The van der Waals surface area contributed by atoms with Gasteiger partial charge in [-0.1, -0.05) is 24.8 Å². The highest BCUT2D eigenvalue weighted by Gasteiger charge is 2.50. The zero-order chi connectivity index (χ0) is 42.5. The van der Waals surface area contributed by atoms with E-state index in [1.54, 1.807) is 22.2 Å². The number of hydrogen-bond acceptors (Lipinski definition) is 12. The number of allylic oxidation sites excluding steroid dienone is 1. The number of aromatic nitrogens is 3. The van der Waals surface area contributed by atoms with Crippen molar-refractivity contribution in [2.45, 2.75) is 68.6 Å². The lowest BCUT2D eigenvalue weighted by atomic mass is 9.89. The highest BCUT2D eigenvalue weighted by molar-refractivity contribution is 6.03. The summed E-state index contributed by atoms with van der Waals surface area (Å²) in [6, 6.07) is 10.8. The van der Waals surface area contributed by atoms with Crippen molar-refractivity contribution < 1.29 is 37.7 Å². The van der Waals surface area contributed by atoms with Gasteiger partial charge in [-0.25, -0.2) is 18.7 Å². The Kier molecular flexibility index (Phi) is 9.57. The number of nitrogens with zero attached hydrogens (tertiary/aromatic N) is 7. The van der Waals surface area contributed by atoms with E-state index >= 15 is 0 Å². The largest absolute Gasteiger partial charge is 0.489 e. The summed E-state index contributed by atoms with van der Waals surface area (Å²) in [6.07, 6.45) is 5.27. The van der Waals surface area contributed by atoms with Gasteiger partial charge in [-0.3, -0.25) is 19.4 Å². The molecule has 9 heterocycles. The third-order valence-corrected chi connectivity index (χ3v) is 14.0. The number of amides is 2. The molecule has 3 N–H and O–H groups in total. The second-order valence-corrected chi connectivity index (χ2v) is 18.2. The fourth-order valence-electron chi connectivity index (χ4n) is 10.8. The van der Waals surface area contributed by atoms with Crippen LogP contribution < -0.4 is 19.9 Å². The number of aromatic amines is 1. The van der Waals surface area contributed by atoms with E-state index < -0.39 is 36.9 Å². The van der Waals surface area contributed by atoms with Crippen molar-refractivity contribution in [3.63, 3.8) is 0 Å². The fraction of sp³-hybridized carbons (Fsp3) is 0.511. The van der Waals surface area contributed by atoms with Gasteiger partial charge in [-0.2, -0.15) is 0 Å². The average molecular weight is 852 g/mol. The van der Waals surface area contributed by atoms with E-state index in [0.717, 1.165) is 65.3 Å². The number of benzene rings is 2. The van der Waals surface area contributed by atoms with E-state index in [9.17, 15) is 23.5 Å². The van der Waals surface area contributed by atoms with Crippen molar-refractivity contribution in [1.29, 1.82) is 0 Å². The Bertz CT molecular complexity index is 2430. The molecule has 4 aromatic rings. The summed E-state index contributed by atoms with van der Waals surface area (Å²) in [6.45, 7) is 10.3. The highest BCUT2D eigenvalue weighted by atomic mass is 19.3. The Morgan fingerprint density at radius 2 is 1.81 bits per heavy atom. The monoisotopic (exact) mass is 851 g/mol. The van der Waals surface area contributed by atoms with Gasteiger partial charge >= 0.3 is 0 Å². The summed E-state index contributed by atoms with van der Waals surface area (Å²) < 4.78 is 48.7. The van der Waals surface area contributed by atoms with Crippen LogP contribution >= 0.6 is 0 Å². The number of fused-ring (bicyclic) bond motifs is 8. The smallest absolute Gasteiger partial charge is 0.283 e. The fourth-order valence-corrected chi connectivity index (χ4v) is 10.8. The molecule has 17 heteroatoms. The number of aliphatic hydroxyl groups is 1. The Hall–Kier alpha value is -5.20. The topological polar surface area (TPSA) is 152 Å². The minimum Gasteiger partial charge on any atom is -0.489 e. The van der Waals surface area contributed by atoms with Crippen molar-refractivity contribution in [3.05, 3.63) is 89.0 Å². The second kappa shape index (κ2) is 15.0. The Morgan fingerprint density at radius 3 is 2.58 bits per heavy atom. The lowest BCUT2D eigenvalue weighted by molar-refractivity contribution is -0.293. The molecule has 2 aromatic heterocycles. The minimum absolute atomic E-state index is 0.127. The van der Waals surface area contributed by atoms with Crippen molar-refractivity contribution >= 4 is 34.4 Å². The number of H-pyrrole nitrogens is 1. The minimum atomic E-state index is -3.27. The maximum absolute atomic E-state index is 14.7. The van der Waals surface area contributed by atoms with Gasteiger partial charge in [0.05, 0.1) is 57.2 Å². The summed E-state index contributed by atoms with van der Waals surface area (Å²) in [5.41, 5.74) is 6.78. The van der Waals surface area contributed by atoms with Gasteiger partial charge in [-0.05, 0) is 49.9 Å². The van der Waals surface area contributed by atoms with Crippen LogP contribution in [0, 0.1) is 5.92 Å². The first-order chi connectivity index (χ1) is 30.0. The predicted molar refractivity (Wildman–Crippen MR) is 224 cm³/mol. The zero-order valence-corrected chi connectivity index (χ0v) is 34.7. The lowest BCUT2D eigenvalue weighted by Gasteiger charge is -2.52. The lowest BCUT2D eigenvalue weighted by Crippen LogP contribution is -2.68. The first kappa shape index (κ1) is 39.6. The van der Waals surface area contributed by atoms with E-state index in [1.165, 1.54) is 0 Å². The Balaban J connectivity index is 0.696. The quantitative estimate of drug-likeness (QED) is 0.238. The normalized spacial score (nSPS) is 26.5. The molecular weight excluding hydrogens is 801 g/mol. The molecule has 326 valence electrons. The molecule has 0 radical (unpaired) electrons. The summed E-state index contributed by atoms with van der Waals surface area (Å²) in [5, 5.41) is 13.4. The number of piperidine rings is 1. The molecule has 7 aliphatic rings. The third-order valence-electron chi connectivity index (χ3n) is 14.0. The van der Waals surface area contributed by atoms with Crippen molar-refractivity contribution in [2.24, 2.45) is 5.92 Å². The predicted octanol–water partition coefficient (Wildman–Crippen LogP) is 3.43. The van der Waals surface area contributed by atoms with Gasteiger partial charge < -0.3 is 44.3 Å². The molecule has 2 amide bonds. The molecule has 4 saturated heterocycles. The van der Waals surface area contributed by atoms with Gasteiger partial charge in [0.25, 0.3) is 11.8 Å². The van der Waals surface area contributed by atoms with Crippen LogP contribution in [0.25, 0.3) is 10.9 Å². The molecule has 2 aromatic carbocycles. The van der Waals surface area contributed by atoms with E-state index in [1.807, 2.05) is 42.2 Å². The van der Waals surface area contributed by atoms with Crippen LogP contribution in [0.2, 0.25) is 0 Å². The van der Waals surface area contributed by atoms with Crippen molar-refractivity contribution in [1.82, 2.24) is 35.0 Å². The molecule has 4 fully saturated rings. The summed E-state index contributed by atoms with van der Waals surface area (Å²) in [7, 11) is 0. The molecule has 7 aliphatic heterocycles. The number of halogens is 2. The SMILES string of the molecule is C=C1CCC(N2Cc3c(ccc4c3OC[C@H]3CN(CC5COC6(CN(c7ncc([C@@H]8c9[nH]c%10ccccc%10c9CC(C)N8CC(F)(F)CO)cn7)C6)OC5)CCN43)C2=O)C(=O)N1. The van der Waals surface area contributed by atoms with Gasteiger partial charge in [0, 0.05) is 89.5 Å². The highest BCUT2D eigenvalue weighted by Crippen LogP contribution is 2.45. The molecule has 2 unspecified atom stereocenters. The third kappa shape index (κ3) is 6.71. The number of piperazine rings is 1. The number of carbonyl (C=O) groups excluding carboxylic acids is 2. The van der Waals surface area contributed by atoms with Crippen LogP contribution in [-0.2, 0) is 27.2 Å². The summed E-state index contributed by atoms with van der Waals surface area (Å²) in [5.74, 6) is -2.81. The molecule has 1 spiro atoms. The van der Waals surface area contributed by atoms with Crippen molar-refractivity contribution in [3.8, 4) is 5.75 Å². The van der Waals surface area contributed by atoms with E-state index in [4.69, 9.17) is 24.2 Å². The van der Waals surface area contributed by atoms with E-state index in [2.05, 4.69) is 32.7 Å². The molecule has 0 bridgehead atoms. The number of nitrogens with one attached hydrogen (secondary N) is 2. The first-order valence-corrected chi connectivity index (χ1v) is 21.7. The zero-order valence-electron chi connectivity index (χ0n) is 34.7. The van der Waals surface area contributed by atoms with Crippen molar-refractivity contribution in [2.75, 3.05) is 82.0 Å². The molecule has 62 heavy (non-hydrogen) atoms. The number of ether oxygens (including phenoxy) is 3. The molecule has 11 rings (SSSR count). The van der Waals surface area contributed by atoms with E-state index in [-0.39, 0.29) is 29.8 Å². The van der Waals surface area contributed by atoms with Crippen LogP contribution in [-0.4, -0.2) is 149 Å². The number of para-hydroxylation sites is 1. The van der Waals surface area contributed by atoms with Crippen LogP contribution in [0.15, 0.2) is 61.1 Å².